The fourth-order valence-corrected chi connectivity index (χ4v) is 2.97. The Morgan fingerprint density at radius 1 is 1.47 bits per heavy atom. The lowest BCUT2D eigenvalue weighted by Gasteiger charge is -2.10. The van der Waals surface area contributed by atoms with Gasteiger partial charge in [0.1, 0.15) is 5.52 Å². The first-order chi connectivity index (χ1) is 8.02. The van der Waals surface area contributed by atoms with Gasteiger partial charge in [0.05, 0.1) is 20.7 Å². The summed E-state index contributed by atoms with van der Waals surface area (Å²) in [7, 11) is -1.16. The topological polar surface area (TPSA) is 50.2 Å². The van der Waals surface area contributed by atoms with Crippen molar-refractivity contribution < 1.29 is 9.32 Å². The maximum absolute atomic E-state index is 12.2. The summed E-state index contributed by atoms with van der Waals surface area (Å²) in [6.45, 7) is 3.75. The van der Waals surface area contributed by atoms with E-state index in [4.69, 9.17) is 11.6 Å². The number of hydrogen-bond acceptors (Lipinski definition) is 3. The van der Waals surface area contributed by atoms with Gasteiger partial charge in [-0.25, -0.2) is 0 Å². The van der Waals surface area contributed by atoms with E-state index >= 15 is 0 Å². The van der Waals surface area contributed by atoms with Crippen molar-refractivity contribution in [1.82, 2.24) is 4.98 Å². The lowest BCUT2D eigenvalue weighted by molar-refractivity contribution is 0.480. The summed E-state index contributed by atoms with van der Waals surface area (Å²) in [5.74, 6) is -0.0632. The fourth-order valence-electron chi connectivity index (χ4n) is 1.59. The van der Waals surface area contributed by atoms with Crippen molar-refractivity contribution in [2.75, 3.05) is 0 Å². The molecule has 0 radical (unpaired) electrons. The van der Waals surface area contributed by atoms with Crippen molar-refractivity contribution in [3.05, 3.63) is 29.4 Å². The molecule has 0 aliphatic rings. The second kappa shape index (κ2) is 4.63. The zero-order valence-electron chi connectivity index (χ0n) is 9.48. The quantitative estimate of drug-likeness (QED) is 0.911. The predicted octanol–water partition coefficient (Wildman–Crippen LogP) is 3.11. The molecule has 1 aromatic heterocycles. The predicted molar refractivity (Wildman–Crippen MR) is 70.0 cm³/mol. The van der Waals surface area contributed by atoms with Crippen molar-refractivity contribution in [3.8, 4) is 5.75 Å². The number of aromatic nitrogens is 1. The van der Waals surface area contributed by atoms with Gasteiger partial charge < -0.3 is 5.11 Å². The Kier molecular flexibility index (Phi) is 3.35. The summed E-state index contributed by atoms with van der Waals surface area (Å²) >= 11 is 5.92. The SMILES string of the molecule is CC(C)S(=O)c1cc(Cl)c(O)c2ncccc12. The number of phenols is 1. The van der Waals surface area contributed by atoms with Gasteiger partial charge in [0, 0.05) is 16.8 Å². The summed E-state index contributed by atoms with van der Waals surface area (Å²) in [4.78, 5) is 4.69. The van der Waals surface area contributed by atoms with Gasteiger partial charge in [-0.2, -0.15) is 0 Å². The summed E-state index contributed by atoms with van der Waals surface area (Å²) in [5, 5.41) is 10.7. The van der Waals surface area contributed by atoms with Gasteiger partial charge in [-0.05, 0) is 18.2 Å². The third kappa shape index (κ3) is 2.15. The van der Waals surface area contributed by atoms with Crippen molar-refractivity contribution in [1.29, 1.82) is 0 Å². The minimum absolute atomic E-state index is 0.0148. The molecule has 1 N–H and O–H groups in total. The van der Waals surface area contributed by atoms with Gasteiger partial charge in [0.15, 0.2) is 5.75 Å². The Morgan fingerprint density at radius 3 is 2.82 bits per heavy atom. The van der Waals surface area contributed by atoms with Gasteiger partial charge in [-0.1, -0.05) is 25.4 Å². The molecule has 1 unspecified atom stereocenters. The van der Waals surface area contributed by atoms with Crippen LogP contribution in [0.2, 0.25) is 5.02 Å². The number of benzene rings is 1. The molecule has 0 bridgehead atoms. The van der Waals surface area contributed by atoms with Gasteiger partial charge >= 0.3 is 0 Å². The van der Waals surface area contributed by atoms with E-state index in [1.807, 2.05) is 13.8 Å². The van der Waals surface area contributed by atoms with Crippen LogP contribution in [-0.2, 0) is 10.8 Å². The fraction of sp³-hybridized carbons (Fsp3) is 0.250. The smallest absolute Gasteiger partial charge is 0.160 e. The van der Waals surface area contributed by atoms with E-state index in [9.17, 15) is 9.32 Å². The van der Waals surface area contributed by atoms with Crippen LogP contribution in [0.15, 0.2) is 29.3 Å². The number of nitrogens with zero attached hydrogens (tertiary/aromatic N) is 1. The molecule has 0 aliphatic heterocycles. The molecule has 0 aliphatic carbocycles. The van der Waals surface area contributed by atoms with E-state index in [-0.39, 0.29) is 16.0 Å². The largest absolute Gasteiger partial charge is 0.504 e. The highest BCUT2D eigenvalue weighted by Crippen LogP contribution is 2.35. The zero-order chi connectivity index (χ0) is 12.6. The normalized spacial score (nSPS) is 13.2. The second-order valence-corrected chi connectivity index (χ2v) is 6.34. The number of rotatable bonds is 2. The van der Waals surface area contributed by atoms with E-state index in [0.29, 0.717) is 15.8 Å². The Bertz CT molecular complexity index is 598. The van der Waals surface area contributed by atoms with E-state index in [1.54, 1.807) is 24.4 Å². The molecule has 3 nitrogen and oxygen atoms in total. The maximum Gasteiger partial charge on any atom is 0.160 e. The van der Waals surface area contributed by atoms with Gasteiger partial charge in [-0.15, -0.1) is 0 Å². The van der Waals surface area contributed by atoms with Crippen LogP contribution < -0.4 is 0 Å². The molecule has 0 saturated carbocycles. The molecule has 2 rings (SSSR count). The molecule has 0 amide bonds. The molecule has 0 saturated heterocycles. The summed E-state index contributed by atoms with van der Waals surface area (Å²) < 4.78 is 12.2. The highest BCUT2D eigenvalue weighted by Gasteiger charge is 2.17. The van der Waals surface area contributed by atoms with Gasteiger partial charge in [0.25, 0.3) is 0 Å². The average Bonchev–Trinajstić information content (AvgIpc) is 2.33. The van der Waals surface area contributed by atoms with E-state index in [1.165, 1.54) is 0 Å². The van der Waals surface area contributed by atoms with E-state index < -0.39 is 10.8 Å². The number of aromatic hydroxyl groups is 1. The average molecular weight is 270 g/mol. The molecule has 1 atom stereocenters. The van der Waals surface area contributed by atoms with E-state index in [0.717, 1.165) is 0 Å². The number of halogens is 1. The van der Waals surface area contributed by atoms with Crippen LogP contribution in [0.3, 0.4) is 0 Å². The van der Waals surface area contributed by atoms with Crippen LogP contribution in [0.5, 0.6) is 5.75 Å². The van der Waals surface area contributed by atoms with Crippen molar-refractivity contribution in [2.24, 2.45) is 0 Å². The van der Waals surface area contributed by atoms with Crippen LogP contribution in [0.1, 0.15) is 13.8 Å². The molecule has 0 spiro atoms. The monoisotopic (exact) mass is 269 g/mol. The zero-order valence-corrected chi connectivity index (χ0v) is 11.0. The van der Waals surface area contributed by atoms with Crippen LogP contribution in [0.4, 0.5) is 0 Å². The Balaban J connectivity index is 2.80. The van der Waals surface area contributed by atoms with Crippen LogP contribution in [0.25, 0.3) is 10.9 Å². The van der Waals surface area contributed by atoms with E-state index in [2.05, 4.69) is 4.98 Å². The van der Waals surface area contributed by atoms with Gasteiger partial charge in [-0.3, -0.25) is 9.19 Å². The number of phenolic OH excluding ortho intramolecular Hbond substituents is 1. The lowest BCUT2D eigenvalue weighted by Crippen LogP contribution is -2.06. The van der Waals surface area contributed by atoms with Crippen LogP contribution in [-0.4, -0.2) is 19.5 Å². The molecule has 90 valence electrons. The number of fused-ring (bicyclic) bond motifs is 1. The summed E-state index contributed by atoms with van der Waals surface area (Å²) in [5.41, 5.74) is 0.393. The standard InChI is InChI=1S/C12H12ClNO2S/c1-7(2)17(16)10-6-9(13)12(15)11-8(10)4-3-5-14-11/h3-7,15H,1-2H3. The minimum atomic E-state index is -1.16. The molecule has 2 aromatic rings. The highest BCUT2D eigenvalue weighted by molar-refractivity contribution is 7.85. The first-order valence-electron chi connectivity index (χ1n) is 5.19. The molecule has 1 heterocycles. The molecular formula is C12H12ClNO2S. The van der Waals surface area contributed by atoms with Crippen LogP contribution >= 0.6 is 11.6 Å². The summed E-state index contributed by atoms with van der Waals surface area (Å²) in [6.07, 6.45) is 1.57. The van der Waals surface area contributed by atoms with Crippen molar-refractivity contribution in [2.45, 2.75) is 24.0 Å². The molecule has 1 aromatic carbocycles. The van der Waals surface area contributed by atoms with Crippen molar-refractivity contribution in [3.63, 3.8) is 0 Å². The number of pyridine rings is 1. The second-order valence-electron chi connectivity index (χ2n) is 3.95. The third-order valence-corrected chi connectivity index (χ3v) is 4.34. The third-order valence-electron chi connectivity index (χ3n) is 2.43. The number of hydrogen-bond donors (Lipinski definition) is 1. The van der Waals surface area contributed by atoms with Gasteiger partial charge in [0.2, 0.25) is 0 Å². The Labute approximate surface area is 107 Å². The lowest BCUT2D eigenvalue weighted by atomic mass is 10.2. The molecule has 5 heteroatoms. The Hall–Kier alpha value is -1.13. The first kappa shape index (κ1) is 12.3. The summed E-state index contributed by atoms with van der Waals surface area (Å²) in [6, 6.07) is 5.09. The Morgan fingerprint density at radius 2 is 2.18 bits per heavy atom. The molecular weight excluding hydrogens is 258 g/mol. The molecule has 0 fully saturated rings. The highest BCUT2D eigenvalue weighted by atomic mass is 35.5. The first-order valence-corrected chi connectivity index (χ1v) is 6.78. The van der Waals surface area contributed by atoms with Crippen LogP contribution in [0, 0.1) is 0 Å². The minimum Gasteiger partial charge on any atom is -0.504 e. The maximum atomic E-state index is 12.2. The van der Waals surface area contributed by atoms with Crippen molar-refractivity contribution >= 4 is 33.3 Å². The molecule has 17 heavy (non-hydrogen) atoms.